The van der Waals surface area contributed by atoms with E-state index in [9.17, 15) is 13.2 Å². The minimum absolute atomic E-state index is 0.0760. The number of nitrogens with one attached hydrogen (secondary N) is 1. The van der Waals surface area contributed by atoms with Crippen LogP contribution in [-0.2, 0) is 26.1 Å². The van der Waals surface area contributed by atoms with Gasteiger partial charge in [-0.05, 0) is 18.9 Å². The zero-order valence-corrected chi connectivity index (χ0v) is 12.9. The Morgan fingerprint density at radius 1 is 1.17 bits per heavy atom. The second kappa shape index (κ2) is 6.31. The Hall–Kier alpha value is -1.89. The van der Waals surface area contributed by atoms with Crippen molar-refractivity contribution in [3.05, 3.63) is 47.0 Å². The third-order valence-electron chi connectivity index (χ3n) is 4.22. The second-order valence-electron chi connectivity index (χ2n) is 6.01. The van der Waals surface area contributed by atoms with Gasteiger partial charge in [0.1, 0.15) is 11.6 Å². The van der Waals surface area contributed by atoms with Crippen LogP contribution in [0.4, 0.5) is 13.2 Å². The van der Waals surface area contributed by atoms with E-state index < -0.39 is 12.1 Å². The minimum atomic E-state index is -4.16. The van der Waals surface area contributed by atoms with Crippen LogP contribution >= 0.6 is 0 Å². The molecule has 2 heterocycles. The van der Waals surface area contributed by atoms with Crippen molar-refractivity contribution in [2.24, 2.45) is 5.92 Å². The number of nitrogens with zero attached hydrogens (tertiary/aromatic N) is 3. The molecule has 0 saturated heterocycles. The number of aromatic nitrogens is 3. The maximum absolute atomic E-state index is 12.9. The molecule has 124 valence electrons. The number of aryl methyl sites for hydroxylation is 2. The maximum atomic E-state index is 12.9. The molecule has 0 bridgehead atoms. The monoisotopic (exact) mass is 324 g/mol. The molecule has 7 heteroatoms. The molecule has 2 aromatic rings. The number of alkyl halides is 3. The topological polar surface area (TPSA) is 42.7 Å². The largest absolute Gasteiger partial charge is 0.393 e. The van der Waals surface area contributed by atoms with Crippen LogP contribution in [-0.4, -0.2) is 20.9 Å². The highest BCUT2D eigenvalue weighted by molar-refractivity contribution is 5.21. The molecule has 0 spiro atoms. The molecule has 0 amide bonds. The van der Waals surface area contributed by atoms with Gasteiger partial charge in [-0.2, -0.15) is 13.2 Å². The summed E-state index contributed by atoms with van der Waals surface area (Å²) in [6.45, 7) is 3.00. The predicted octanol–water partition coefficient (Wildman–Crippen LogP) is 3.00. The van der Waals surface area contributed by atoms with Crippen molar-refractivity contribution in [3.63, 3.8) is 0 Å². The second-order valence-corrected chi connectivity index (χ2v) is 6.01. The lowest BCUT2D eigenvalue weighted by atomic mass is 9.99. The van der Waals surface area contributed by atoms with E-state index in [0.29, 0.717) is 31.2 Å². The first-order valence-electron chi connectivity index (χ1n) is 7.67. The van der Waals surface area contributed by atoms with Crippen LogP contribution in [0, 0.1) is 12.8 Å². The van der Waals surface area contributed by atoms with Gasteiger partial charge in [0.2, 0.25) is 0 Å². The summed E-state index contributed by atoms with van der Waals surface area (Å²) in [4.78, 5) is 0. The van der Waals surface area contributed by atoms with Gasteiger partial charge in [-0.1, -0.05) is 29.8 Å². The van der Waals surface area contributed by atoms with Crippen LogP contribution in [0.15, 0.2) is 24.3 Å². The van der Waals surface area contributed by atoms with E-state index in [4.69, 9.17) is 0 Å². The number of halogens is 3. The number of hydrogen-bond acceptors (Lipinski definition) is 3. The molecule has 1 aliphatic rings. The van der Waals surface area contributed by atoms with Crippen LogP contribution in [0.3, 0.4) is 0 Å². The average molecular weight is 324 g/mol. The molecule has 1 aromatic carbocycles. The third-order valence-corrected chi connectivity index (χ3v) is 4.22. The Kier molecular flexibility index (Phi) is 4.39. The van der Waals surface area contributed by atoms with Gasteiger partial charge in [-0.25, -0.2) is 0 Å². The Morgan fingerprint density at radius 2 is 1.91 bits per heavy atom. The molecule has 0 saturated carbocycles. The summed E-state index contributed by atoms with van der Waals surface area (Å²) < 4.78 is 40.3. The van der Waals surface area contributed by atoms with E-state index in [2.05, 4.69) is 15.5 Å². The van der Waals surface area contributed by atoms with Crippen molar-refractivity contribution in [2.45, 2.75) is 45.6 Å². The highest BCUT2D eigenvalue weighted by Crippen LogP contribution is 2.34. The van der Waals surface area contributed by atoms with Crippen molar-refractivity contribution in [1.29, 1.82) is 0 Å². The van der Waals surface area contributed by atoms with Gasteiger partial charge < -0.3 is 9.88 Å². The summed E-state index contributed by atoms with van der Waals surface area (Å²) in [6, 6.07) is 8.12. The molecule has 0 aliphatic carbocycles. The minimum Gasteiger partial charge on any atom is -0.313 e. The van der Waals surface area contributed by atoms with E-state index >= 15 is 0 Å². The molecule has 1 aliphatic heterocycles. The lowest BCUT2D eigenvalue weighted by Gasteiger charge is -2.26. The van der Waals surface area contributed by atoms with Crippen molar-refractivity contribution in [3.8, 4) is 0 Å². The van der Waals surface area contributed by atoms with Gasteiger partial charge in [0, 0.05) is 19.5 Å². The predicted molar refractivity (Wildman–Crippen MR) is 79.6 cm³/mol. The van der Waals surface area contributed by atoms with Crippen LogP contribution in [0.25, 0.3) is 0 Å². The molecule has 3 rings (SSSR count). The maximum Gasteiger partial charge on any atom is 0.393 e. The Morgan fingerprint density at radius 3 is 2.61 bits per heavy atom. The highest BCUT2D eigenvalue weighted by Gasteiger charge is 2.42. The zero-order chi connectivity index (χ0) is 16.4. The van der Waals surface area contributed by atoms with Gasteiger partial charge in [0.15, 0.2) is 0 Å². The first kappa shape index (κ1) is 16.0. The van der Waals surface area contributed by atoms with Crippen molar-refractivity contribution in [2.75, 3.05) is 0 Å². The van der Waals surface area contributed by atoms with Crippen LogP contribution in [0.2, 0.25) is 0 Å². The Bertz CT molecular complexity index is 661. The SMILES string of the molecule is Cc1ccc(CNCc2nnc3n2C[C@@H](C(F)(F)F)CC3)cc1. The lowest BCUT2D eigenvalue weighted by Crippen LogP contribution is -2.33. The molecule has 23 heavy (non-hydrogen) atoms. The zero-order valence-electron chi connectivity index (χ0n) is 12.9. The average Bonchev–Trinajstić information content (AvgIpc) is 2.91. The van der Waals surface area contributed by atoms with E-state index in [1.54, 1.807) is 4.57 Å². The quantitative estimate of drug-likeness (QED) is 0.940. The summed E-state index contributed by atoms with van der Waals surface area (Å²) in [5.41, 5.74) is 2.32. The summed E-state index contributed by atoms with van der Waals surface area (Å²) in [5, 5.41) is 11.3. The molecular formula is C16H19F3N4. The first-order chi connectivity index (χ1) is 10.9. The van der Waals surface area contributed by atoms with Crippen LogP contribution in [0.5, 0.6) is 0 Å². The molecular weight excluding hydrogens is 305 g/mol. The van der Waals surface area contributed by atoms with Crippen LogP contribution in [0.1, 0.15) is 29.2 Å². The molecule has 1 N–H and O–H groups in total. The van der Waals surface area contributed by atoms with Gasteiger partial charge in [0.05, 0.1) is 12.5 Å². The van der Waals surface area contributed by atoms with E-state index in [-0.39, 0.29) is 13.0 Å². The van der Waals surface area contributed by atoms with Gasteiger partial charge >= 0.3 is 6.18 Å². The molecule has 0 fully saturated rings. The van der Waals surface area contributed by atoms with E-state index in [1.807, 2.05) is 31.2 Å². The molecule has 1 atom stereocenters. The van der Waals surface area contributed by atoms with E-state index in [1.165, 1.54) is 5.56 Å². The van der Waals surface area contributed by atoms with Crippen LogP contribution < -0.4 is 5.32 Å². The third kappa shape index (κ3) is 3.72. The highest BCUT2D eigenvalue weighted by atomic mass is 19.4. The molecule has 1 aromatic heterocycles. The first-order valence-corrected chi connectivity index (χ1v) is 7.67. The molecule has 0 radical (unpaired) electrons. The van der Waals surface area contributed by atoms with E-state index in [0.717, 1.165) is 5.56 Å². The van der Waals surface area contributed by atoms with Crippen molar-refractivity contribution < 1.29 is 13.2 Å². The fraction of sp³-hybridized carbons (Fsp3) is 0.500. The van der Waals surface area contributed by atoms with Crippen molar-refractivity contribution in [1.82, 2.24) is 20.1 Å². The molecule has 4 nitrogen and oxygen atoms in total. The summed E-state index contributed by atoms with van der Waals surface area (Å²) in [6.07, 6.45) is -3.73. The lowest BCUT2D eigenvalue weighted by molar-refractivity contribution is -0.182. The Labute approximate surface area is 132 Å². The normalized spacial score (nSPS) is 18.0. The number of hydrogen-bond donors (Lipinski definition) is 1. The fourth-order valence-electron chi connectivity index (χ4n) is 2.81. The summed E-state index contributed by atoms with van der Waals surface area (Å²) in [5.74, 6) is -0.0828. The van der Waals surface area contributed by atoms with Crippen molar-refractivity contribution >= 4 is 0 Å². The smallest absolute Gasteiger partial charge is 0.313 e. The fourth-order valence-corrected chi connectivity index (χ4v) is 2.81. The number of rotatable bonds is 4. The standard InChI is InChI=1S/C16H19F3N4/c1-11-2-4-12(5-3-11)8-20-9-15-22-21-14-7-6-13(10-23(14)15)16(17,18)19/h2-5,13,20H,6-10H2,1H3/t13-/m0/s1. The van der Waals surface area contributed by atoms with Gasteiger partial charge in [-0.15, -0.1) is 10.2 Å². The van der Waals surface area contributed by atoms with Gasteiger partial charge in [0.25, 0.3) is 0 Å². The summed E-state index contributed by atoms with van der Waals surface area (Å²) in [7, 11) is 0. The van der Waals surface area contributed by atoms with Gasteiger partial charge in [-0.3, -0.25) is 0 Å². The summed E-state index contributed by atoms with van der Waals surface area (Å²) >= 11 is 0. The molecule has 0 unspecified atom stereocenters. The Balaban J connectivity index is 1.62. The number of benzene rings is 1. The number of fused-ring (bicyclic) bond motifs is 1.